The van der Waals surface area contributed by atoms with Crippen molar-refractivity contribution in [3.05, 3.63) is 54.1 Å². The first-order chi connectivity index (χ1) is 14.4. The van der Waals surface area contributed by atoms with E-state index < -0.39 is 30.1 Å². The van der Waals surface area contributed by atoms with E-state index in [9.17, 15) is 14.4 Å². The molecule has 0 aliphatic heterocycles. The van der Waals surface area contributed by atoms with Crippen molar-refractivity contribution in [1.82, 2.24) is 20.6 Å². The first kappa shape index (κ1) is 22.9. The van der Waals surface area contributed by atoms with Crippen molar-refractivity contribution in [3.8, 4) is 0 Å². The number of hydrogen-bond acceptors (Lipinski definition) is 6. The highest BCUT2D eigenvalue weighted by Crippen LogP contribution is 2.08. The van der Waals surface area contributed by atoms with E-state index in [1.165, 1.54) is 13.4 Å². The highest BCUT2D eigenvalue weighted by Gasteiger charge is 2.28. The van der Waals surface area contributed by atoms with Gasteiger partial charge in [0.05, 0.1) is 13.4 Å². The van der Waals surface area contributed by atoms with Gasteiger partial charge < -0.3 is 25.1 Å². The molecule has 2 amide bonds. The molecule has 0 aliphatic carbocycles. The molecule has 0 bridgehead atoms. The number of carbonyl (C=O) groups excluding carboxylic acids is 3. The van der Waals surface area contributed by atoms with Crippen LogP contribution in [0.5, 0.6) is 0 Å². The summed E-state index contributed by atoms with van der Waals surface area (Å²) in [6.07, 6.45) is 2.91. The number of nitrogens with zero attached hydrogens (tertiary/aromatic N) is 1. The summed E-state index contributed by atoms with van der Waals surface area (Å²) >= 11 is 0. The summed E-state index contributed by atoms with van der Waals surface area (Å²) in [5, 5.41) is 5.25. The van der Waals surface area contributed by atoms with Gasteiger partial charge in [0, 0.05) is 18.3 Å². The second-order valence-electron chi connectivity index (χ2n) is 7.25. The molecular weight excluding hydrogens is 388 g/mol. The normalized spacial score (nSPS) is 12.7. The maximum atomic E-state index is 12.8. The summed E-state index contributed by atoms with van der Waals surface area (Å²) in [7, 11) is 1.25. The van der Waals surface area contributed by atoms with Gasteiger partial charge in [-0.1, -0.05) is 44.2 Å². The molecule has 0 radical (unpaired) electrons. The van der Waals surface area contributed by atoms with Gasteiger partial charge in [-0.2, -0.15) is 0 Å². The minimum absolute atomic E-state index is 0.0906. The number of benzene rings is 1. The molecule has 30 heavy (non-hydrogen) atoms. The average molecular weight is 416 g/mol. The molecule has 2 rings (SSSR count). The SMILES string of the molecule is COC(=O)[C@H](Cc1cnc[nH]1)NC(=O)[C@@H](CC(C)C)NC(=O)OCc1ccccc1. The summed E-state index contributed by atoms with van der Waals surface area (Å²) in [6, 6.07) is 7.45. The van der Waals surface area contributed by atoms with Gasteiger partial charge in [0.15, 0.2) is 0 Å². The van der Waals surface area contributed by atoms with Gasteiger partial charge in [-0.3, -0.25) is 4.79 Å². The number of imidazole rings is 1. The molecule has 3 N–H and O–H groups in total. The van der Waals surface area contributed by atoms with E-state index in [1.807, 2.05) is 44.2 Å². The molecule has 0 saturated heterocycles. The van der Waals surface area contributed by atoms with Crippen LogP contribution < -0.4 is 10.6 Å². The zero-order valence-electron chi connectivity index (χ0n) is 17.4. The van der Waals surface area contributed by atoms with E-state index >= 15 is 0 Å². The summed E-state index contributed by atoms with van der Waals surface area (Å²) < 4.78 is 10.0. The van der Waals surface area contributed by atoms with Gasteiger partial charge in [0.25, 0.3) is 0 Å². The lowest BCUT2D eigenvalue weighted by Crippen LogP contribution is -2.53. The van der Waals surface area contributed by atoms with E-state index in [0.29, 0.717) is 12.1 Å². The molecule has 0 saturated carbocycles. The van der Waals surface area contributed by atoms with Gasteiger partial charge in [0.2, 0.25) is 5.91 Å². The van der Waals surface area contributed by atoms with Crippen LogP contribution >= 0.6 is 0 Å². The topological polar surface area (TPSA) is 122 Å². The molecule has 0 fully saturated rings. The van der Waals surface area contributed by atoms with Crippen molar-refractivity contribution in [3.63, 3.8) is 0 Å². The summed E-state index contributed by atoms with van der Waals surface area (Å²) in [4.78, 5) is 44.0. The van der Waals surface area contributed by atoms with E-state index in [1.54, 1.807) is 6.20 Å². The molecule has 9 nitrogen and oxygen atoms in total. The Morgan fingerprint density at radius 1 is 1.10 bits per heavy atom. The van der Waals surface area contributed by atoms with Crippen LogP contribution in [0.25, 0.3) is 0 Å². The first-order valence-electron chi connectivity index (χ1n) is 9.71. The van der Waals surface area contributed by atoms with Crippen LogP contribution in [0.2, 0.25) is 0 Å². The quantitative estimate of drug-likeness (QED) is 0.509. The predicted molar refractivity (Wildman–Crippen MR) is 109 cm³/mol. The molecule has 1 aromatic carbocycles. The Balaban J connectivity index is 1.99. The maximum Gasteiger partial charge on any atom is 0.408 e. The number of rotatable bonds is 10. The number of aromatic amines is 1. The summed E-state index contributed by atoms with van der Waals surface area (Å²) in [5.74, 6) is -0.956. The zero-order valence-corrected chi connectivity index (χ0v) is 17.4. The molecule has 162 valence electrons. The predicted octanol–water partition coefficient (Wildman–Crippen LogP) is 1.95. The summed E-state index contributed by atoms with van der Waals surface area (Å²) in [5.41, 5.74) is 1.50. The average Bonchev–Trinajstić information content (AvgIpc) is 3.24. The molecule has 0 spiro atoms. The van der Waals surface area contributed by atoms with Gasteiger partial charge in [-0.25, -0.2) is 14.6 Å². The number of H-pyrrole nitrogens is 1. The zero-order chi connectivity index (χ0) is 21.9. The highest BCUT2D eigenvalue weighted by atomic mass is 16.5. The Bertz CT molecular complexity index is 808. The smallest absolute Gasteiger partial charge is 0.408 e. The highest BCUT2D eigenvalue weighted by molar-refractivity contribution is 5.89. The molecule has 1 aromatic heterocycles. The maximum absolute atomic E-state index is 12.8. The number of methoxy groups -OCH3 is 1. The first-order valence-corrected chi connectivity index (χ1v) is 9.71. The third-order valence-electron chi connectivity index (χ3n) is 4.31. The molecular formula is C21H28N4O5. The van der Waals surface area contributed by atoms with E-state index in [2.05, 4.69) is 20.6 Å². The molecule has 1 heterocycles. The molecule has 0 aliphatic rings. The fraction of sp³-hybridized carbons (Fsp3) is 0.429. The van der Waals surface area contributed by atoms with Crippen LogP contribution in [-0.2, 0) is 32.1 Å². The lowest BCUT2D eigenvalue weighted by Gasteiger charge is -2.23. The lowest BCUT2D eigenvalue weighted by atomic mass is 10.0. The van der Waals surface area contributed by atoms with Crippen molar-refractivity contribution in [2.75, 3.05) is 7.11 Å². The Morgan fingerprint density at radius 2 is 1.83 bits per heavy atom. The number of ether oxygens (including phenoxy) is 2. The second kappa shape index (κ2) is 11.6. The Hall–Kier alpha value is -3.36. The van der Waals surface area contributed by atoms with Crippen LogP contribution in [0.1, 0.15) is 31.5 Å². The fourth-order valence-corrected chi connectivity index (χ4v) is 2.83. The number of amides is 2. The number of esters is 1. The molecule has 9 heteroatoms. The van der Waals surface area contributed by atoms with E-state index in [0.717, 1.165) is 5.56 Å². The van der Waals surface area contributed by atoms with Crippen molar-refractivity contribution >= 4 is 18.0 Å². The lowest BCUT2D eigenvalue weighted by molar-refractivity contribution is -0.145. The molecule has 2 aromatic rings. The van der Waals surface area contributed by atoms with Gasteiger partial charge in [0.1, 0.15) is 18.7 Å². The van der Waals surface area contributed by atoms with E-state index in [-0.39, 0.29) is 18.9 Å². The monoisotopic (exact) mass is 416 g/mol. The van der Waals surface area contributed by atoms with Gasteiger partial charge >= 0.3 is 12.1 Å². The minimum Gasteiger partial charge on any atom is -0.467 e. The third-order valence-corrected chi connectivity index (χ3v) is 4.31. The Kier molecular flexibility index (Phi) is 8.86. The number of alkyl carbamates (subject to hydrolysis) is 1. The minimum atomic E-state index is -0.917. The van der Waals surface area contributed by atoms with Crippen molar-refractivity contribution in [2.45, 2.75) is 45.4 Å². The Morgan fingerprint density at radius 3 is 2.43 bits per heavy atom. The van der Waals surface area contributed by atoms with Gasteiger partial charge in [-0.15, -0.1) is 0 Å². The van der Waals surface area contributed by atoms with Crippen molar-refractivity contribution < 1.29 is 23.9 Å². The van der Waals surface area contributed by atoms with Crippen LogP contribution in [-0.4, -0.2) is 47.1 Å². The summed E-state index contributed by atoms with van der Waals surface area (Å²) in [6.45, 7) is 3.95. The van der Waals surface area contributed by atoms with Crippen LogP contribution in [0, 0.1) is 5.92 Å². The largest absolute Gasteiger partial charge is 0.467 e. The van der Waals surface area contributed by atoms with Crippen LogP contribution in [0.3, 0.4) is 0 Å². The fourth-order valence-electron chi connectivity index (χ4n) is 2.83. The number of aromatic nitrogens is 2. The third kappa shape index (κ3) is 7.57. The van der Waals surface area contributed by atoms with Crippen LogP contribution in [0.4, 0.5) is 4.79 Å². The standard InChI is InChI=1S/C21H28N4O5/c1-14(2)9-17(25-21(28)30-12-15-7-5-4-6-8-15)19(26)24-18(20(27)29-3)10-16-11-22-13-23-16/h4-8,11,13-14,17-18H,9-10,12H2,1-3H3,(H,22,23)(H,24,26)(H,25,28)/t17-,18+/m1/s1. The number of carbonyl (C=O) groups is 3. The van der Waals surface area contributed by atoms with Gasteiger partial charge in [-0.05, 0) is 17.9 Å². The molecule has 2 atom stereocenters. The Labute approximate surface area is 175 Å². The number of nitrogens with one attached hydrogen (secondary N) is 3. The number of hydrogen-bond donors (Lipinski definition) is 3. The molecule has 0 unspecified atom stereocenters. The van der Waals surface area contributed by atoms with Crippen LogP contribution in [0.15, 0.2) is 42.9 Å². The second-order valence-corrected chi connectivity index (χ2v) is 7.25. The van der Waals surface area contributed by atoms with Crippen molar-refractivity contribution in [2.24, 2.45) is 5.92 Å². The van der Waals surface area contributed by atoms with E-state index in [4.69, 9.17) is 9.47 Å². The van der Waals surface area contributed by atoms with Crippen molar-refractivity contribution in [1.29, 1.82) is 0 Å².